The Morgan fingerprint density at radius 3 is 2.52 bits per heavy atom. The molecule has 2 heterocycles. The first kappa shape index (κ1) is 34.6. The molecule has 0 saturated carbocycles. The predicted molar refractivity (Wildman–Crippen MR) is 146 cm³/mol. The smallest absolute Gasteiger partial charge is 0.406 e. The van der Waals surface area contributed by atoms with Gasteiger partial charge in [0, 0.05) is 22.9 Å². The minimum absolute atomic E-state index is 0.0528. The Morgan fingerprint density at radius 2 is 1.95 bits per heavy atom. The number of halogens is 2. The number of aliphatic hydroxyl groups is 1. The molecule has 40 heavy (non-hydrogen) atoms. The largest absolute Gasteiger partial charge is 0.462 e. The lowest BCUT2D eigenvalue weighted by Gasteiger charge is -2.25. The molecule has 2 rings (SSSR count). The Kier molecular flexibility index (Phi) is 11.8. The molecule has 228 valence electrons. The average molecular weight is 632 g/mol. The number of alkyl halides is 2. The maximum absolute atomic E-state index is 15.4. The number of nitrogens with zero attached hydrogens (tertiary/aromatic N) is 1. The van der Waals surface area contributed by atoms with Gasteiger partial charge in [-0.05, 0) is 27.7 Å². The standard InChI is InChI=1S/C23H36ClFN3O10PS/c1-12(2)37-18(31)14(4)27-39(34,35-8-9-40-20(32)22(5,6)7)36-11-15-16(29)23(24,25)19(38-15)28-10-13(3)17(30)26-21(28)33/h10,12,14-16,19,29H,8-9,11H2,1-7H3,(H,27,34)(H,26,30,33)/t14-,15-,16-,19-,23+,39-/m1/s1. The highest BCUT2D eigenvalue weighted by atomic mass is 35.5. The SMILES string of the molecule is Cc1cn([C@@H]2O[C@H](CO[P@@](=O)(N[C@H](C)C(=O)OC(C)C)OCCSC(=O)C(C)(C)C)[C@@H](O)[C@@]2(F)Cl)c(=O)[nH]c1=O. The second-order valence-electron chi connectivity index (χ2n) is 10.5. The van der Waals surface area contributed by atoms with Crippen LogP contribution in [0.25, 0.3) is 0 Å². The summed E-state index contributed by atoms with van der Waals surface area (Å²) in [5, 5.41) is 9.77. The van der Waals surface area contributed by atoms with Crippen LogP contribution in [0.15, 0.2) is 15.8 Å². The van der Waals surface area contributed by atoms with Crippen LogP contribution in [0, 0.1) is 12.3 Å². The fourth-order valence-electron chi connectivity index (χ4n) is 3.28. The van der Waals surface area contributed by atoms with E-state index in [1.165, 1.54) is 13.8 Å². The first-order valence-electron chi connectivity index (χ1n) is 12.4. The van der Waals surface area contributed by atoms with Crippen LogP contribution in [0.3, 0.4) is 0 Å². The molecule has 0 unspecified atom stereocenters. The topological polar surface area (TPSA) is 175 Å². The van der Waals surface area contributed by atoms with Crippen LogP contribution in [0.1, 0.15) is 53.3 Å². The number of aromatic amines is 1. The predicted octanol–water partition coefficient (Wildman–Crippen LogP) is 2.38. The maximum Gasteiger partial charge on any atom is 0.406 e. The summed E-state index contributed by atoms with van der Waals surface area (Å²) in [5.41, 5.74) is -2.29. The van der Waals surface area contributed by atoms with Gasteiger partial charge in [0.05, 0.1) is 19.3 Å². The summed E-state index contributed by atoms with van der Waals surface area (Å²) < 4.78 is 51.0. The van der Waals surface area contributed by atoms with E-state index in [1.807, 2.05) is 4.98 Å². The number of aryl methyl sites for hydroxylation is 1. The molecule has 17 heteroatoms. The van der Waals surface area contributed by atoms with Gasteiger partial charge >= 0.3 is 19.4 Å². The van der Waals surface area contributed by atoms with E-state index in [2.05, 4.69) is 5.09 Å². The molecule has 1 aliphatic rings. The van der Waals surface area contributed by atoms with Crippen molar-refractivity contribution in [3.63, 3.8) is 0 Å². The van der Waals surface area contributed by atoms with Crippen molar-refractivity contribution in [2.75, 3.05) is 19.0 Å². The van der Waals surface area contributed by atoms with Crippen LogP contribution in [0.2, 0.25) is 0 Å². The molecular weight excluding hydrogens is 596 g/mol. The Morgan fingerprint density at radius 1 is 1.32 bits per heavy atom. The summed E-state index contributed by atoms with van der Waals surface area (Å²) in [5.74, 6) is -0.655. The normalized spacial score (nSPS) is 25.5. The summed E-state index contributed by atoms with van der Waals surface area (Å²) in [4.78, 5) is 50.4. The molecule has 6 atom stereocenters. The number of esters is 1. The van der Waals surface area contributed by atoms with Crippen LogP contribution in [0.5, 0.6) is 0 Å². The van der Waals surface area contributed by atoms with Gasteiger partial charge in [-0.25, -0.2) is 18.8 Å². The van der Waals surface area contributed by atoms with Gasteiger partial charge < -0.3 is 14.6 Å². The number of aromatic nitrogens is 2. The van der Waals surface area contributed by atoms with E-state index in [-0.39, 0.29) is 23.0 Å². The lowest BCUT2D eigenvalue weighted by atomic mass is 10.00. The molecule has 1 aromatic rings. The van der Waals surface area contributed by atoms with Gasteiger partial charge in [0.1, 0.15) is 18.2 Å². The molecule has 1 aliphatic heterocycles. The summed E-state index contributed by atoms with van der Waals surface area (Å²) in [6, 6.07) is -1.17. The summed E-state index contributed by atoms with van der Waals surface area (Å²) in [7, 11) is -4.36. The van der Waals surface area contributed by atoms with Gasteiger partial charge in [-0.3, -0.25) is 33.0 Å². The number of rotatable bonds is 12. The number of ether oxygens (including phenoxy) is 2. The van der Waals surface area contributed by atoms with Crippen molar-refractivity contribution in [1.29, 1.82) is 0 Å². The number of carbonyl (C=O) groups excluding carboxylic acids is 2. The molecule has 1 fully saturated rings. The van der Waals surface area contributed by atoms with E-state index in [4.69, 9.17) is 30.1 Å². The Bertz CT molecular complexity index is 1230. The van der Waals surface area contributed by atoms with Gasteiger partial charge in [0.25, 0.3) is 10.7 Å². The summed E-state index contributed by atoms with van der Waals surface area (Å²) in [6.45, 7) is 10.2. The minimum atomic E-state index is -4.36. The summed E-state index contributed by atoms with van der Waals surface area (Å²) >= 11 is 6.86. The second-order valence-corrected chi connectivity index (χ2v) is 13.9. The third-order valence-electron chi connectivity index (χ3n) is 5.43. The number of hydrogen-bond acceptors (Lipinski definition) is 11. The zero-order chi connectivity index (χ0) is 30.6. The minimum Gasteiger partial charge on any atom is -0.462 e. The van der Waals surface area contributed by atoms with E-state index in [0.29, 0.717) is 4.57 Å². The number of carbonyl (C=O) groups is 2. The van der Waals surface area contributed by atoms with E-state index in [9.17, 15) is 28.8 Å². The van der Waals surface area contributed by atoms with Crippen LogP contribution >= 0.6 is 31.1 Å². The average Bonchev–Trinajstić information content (AvgIpc) is 3.05. The quantitative estimate of drug-likeness (QED) is 0.133. The Labute approximate surface area is 240 Å². The van der Waals surface area contributed by atoms with Crippen molar-refractivity contribution in [3.05, 3.63) is 32.6 Å². The first-order chi connectivity index (χ1) is 18.3. The van der Waals surface area contributed by atoms with E-state index in [1.54, 1.807) is 34.6 Å². The van der Waals surface area contributed by atoms with E-state index in [0.717, 1.165) is 18.0 Å². The molecule has 0 aromatic carbocycles. The molecule has 0 bridgehead atoms. The molecular formula is C23H36ClFN3O10PS. The molecule has 3 N–H and O–H groups in total. The fourth-order valence-corrected chi connectivity index (χ4v) is 5.97. The Balaban J connectivity index is 2.19. The zero-order valence-corrected chi connectivity index (χ0v) is 25.7. The van der Waals surface area contributed by atoms with Crippen LogP contribution in [-0.4, -0.2) is 74.2 Å². The van der Waals surface area contributed by atoms with Crippen LogP contribution in [0.4, 0.5) is 4.39 Å². The van der Waals surface area contributed by atoms with Crippen molar-refractivity contribution in [3.8, 4) is 0 Å². The van der Waals surface area contributed by atoms with Gasteiger partial charge in [-0.1, -0.05) is 44.1 Å². The van der Waals surface area contributed by atoms with Gasteiger partial charge in [-0.2, -0.15) is 0 Å². The fraction of sp³-hybridized carbons (Fsp3) is 0.739. The van der Waals surface area contributed by atoms with Crippen LogP contribution in [-0.2, 0) is 32.7 Å². The Hall–Kier alpha value is -1.58. The number of hydrogen-bond donors (Lipinski definition) is 3. The highest BCUT2D eigenvalue weighted by molar-refractivity contribution is 8.13. The molecule has 0 aliphatic carbocycles. The lowest BCUT2D eigenvalue weighted by molar-refractivity contribution is -0.149. The molecule has 0 spiro atoms. The van der Waals surface area contributed by atoms with Gasteiger partial charge in [0.2, 0.25) is 0 Å². The van der Waals surface area contributed by atoms with Crippen molar-refractivity contribution < 1.29 is 42.2 Å². The summed E-state index contributed by atoms with van der Waals surface area (Å²) in [6.07, 6.45) is -4.95. The highest BCUT2D eigenvalue weighted by Gasteiger charge is 2.58. The number of nitrogens with one attached hydrogen (secondary N) is 2. The molecule has 0 radical (unpaired) electrons. The number of aliphatic hydroxyl groups excluding tert-OH is 1. The monoisotopic (exact) mass is 631 g/mol. The molecule has 13 nitrogen and oxygen atoms in total. The number of H-pyrrole nitrogens is 1. The van der Waals surface area contributed by atoms with Crippen LogP contribution < -0.4 is 16.3 Å². The van der Waals surface area contributed by atoms with Crippen molar-refractivity contribution >= 4 is 42.2 Å². The highest BCUT2D eigenvalue weighted by Crippen LogP contribution is 2.48. The lowest BCUT2D eigenvalue weighted by Crippen LogP contribution is -2.42. The number of thioether (sulfide) groups is 1. The van der Waals surface area contributed by atoms with E-state index >= 15 is 4.39 Å². The maximum atomic E-state index is 15.4. The first-order valence-corrected chi connectivity index (χ1v) is 15.3. The van der Waals surface area contributed by atoms with Crippen molar-refractivity contribution in [2.24, 2.45) is 5.41 Å². The molecule has 1 aromatic heterocycles. The van der Waals surface area contributed by atoms with E-state index < -0.39 is 72.7 Å². The molecule has 0 amide bonds. The van der Waals surface area contributed by atoms with Gasteiger partial charge in [-0.15, -0.1) is 0 Å². The third-order valence-corrected chi connectivity index (χ3v) is 8.80. The van der Waals surface area contributed by atoms with Gasteiger partial charge in [0.15, 0.2) is 11.3 Å². The van der Waals surface area contributed by atoms with Crippen molar-refractivity contribution in [1.82, 2.24) is 14.6 Å². The van der Waals surface area contributed by atoms with Crippen molar-refractivity contribution in [2.45, 2.75) is 84.2 Å². The third kappa shape index (κ3) is 8.96. The zero-order valence-electron chi connectivity index (χ0n) is 23.3. The second kappa shape index (κ2) is 13.6. The molecule has 1 saturated heterocycles.